The Morgan fingerprint density at radius 2 is 2.05 bits per heavy atom. The van der Waals surface area contributed by atoms with E-state index in [0.29, 0.717) is 24.3 Å². The second kappa shape index (κ2) is 6.73. The maximum atomic E-state index is 11.4. The van der Waals surface area contributed by atoms with Gasteiger partial charge in [0.05, 0.1) is 11.7 Å². The van der Waals surface area contributed by atoms with Gasteiger partial charge in [-0.3, -0.25) is 14.4 Å². The summed E-state index contributed by atoms with van der Waals surface area (Å²) in [6.45, 7) is 3.71. The van der Waals surface area contributed by atoms with Crippen molar-refractivity contribution in [3.63, 3.8) is 0 Å². The van der Waals surface area contributed by atoms with E-state index in [4.69, 9.17) is 5.10 Å². The van der Waals surface area contributed by atoms with Gasteiger partial charge in [-0.15, -0.1) is 0 Å². The molecular formula is C17H27N3O. The number of likely N-dealkylation sites (tertiary alicyclic amines) is 1. The number of carbonyl (C=O) groups excluding carboxylic acids is 1. The minimum atomic E-state index is 0.305. The first kappa shape index (κ1) is 14.8. The summed E-state index contributed by atoms with van der Waals surface area (Å²) in [5.74, 6) is 0.305. The first-order valence-electron chi connectivity index (χ1n) is 8.50. The Morgan fingerprint density at radius 1 is 1.24 bits per heavy atom. The molecule has 1 saturated carbocycles. The first-order valence-corrected chi connectivity index (χ1v) is 8.50. The van der Waals surface area contributed by atoms with E-state index in [0.717, 1.165) is 25.2 Å². The highest BCUT2D eigenvalue weighted by atomic mass is 16.1. The normalized spacial score (nSPS) is 24.5. The smallest absolute Gasteiger partial charge is 0.131 e. The van der Waals surface area contributed by atoms with E-state index in [9.17, 15) is 4.79 Å². The number of hydrogen-bond donors (Lipinski definition) is 0. The summed E-state index contributed by atoms with van der Waals surface area (Å²) >= 11 is 0. The average molecular weight is 289 g/mol. The zero-order valence-corrected chi connectivity index (χ0v) is 13.1. The van der Waals surface area contributed by atoms with Gasteiger partial charge in [-0.1, -0.05) is 19.3 Å². The molecule has 4 nitrogen and oxygen atoms in total. The summed E-state index contributed by atoms with van der Waals surface area (Å²) in [5.41, 5.74) is 1.16. The average Bonchev–Trinajstić information content (AvgIpc) is 3.10. The molecule has 0 bridgehead atoms. The van der Waals surface area contributed by atoms with Crippen LogP contribution in [-0.2, 0) is 11.3 Å². The molecule has 1 aromatic heterocycles. The van der Waals surface area contributed by atoms with E-state index in [-0.39, 0.29) is 0 Å². The number of Topliss-reactive ketones (excluding diaryl/α,β-unsaturated/α-hetero) is 1. The Morgan fingerprint density at radius 3 is 2.81 bits per heavy atom. The standard InChI is InChI=1S/C17H27N3O/c1-14(21)12-17-8-5-10-19(17)13-15-9-11-20(18-15)16-6-3-2-4-7-16/h9,11,16-17H,2-8,10,12-13H2,1H3. The predicted molar refractivity (Wildman–Crippen MR) is 83.1 cm³/mol. The highest BCUT2D eigenvalue weighted by Crippen LogP contribution is 2.28. The maximum Gasteiger partial charge on any atom is 0.131 e. The van der Waals surface area contributed by atoms with Crippen LogP contribution in [0.4, 0.5) is 0 Å². The zero-order chi connectivity index (χ0) is 14.7. The van der Waals surface area contributed by atoms with Crippen molar-refractivity contribution in [2.45, 2.75) is 76.9 Å². The third kappa shape index (κ3) is 3.73. The molecule has 1 aliphatic carbocycles. The second-order valence-corrected chi connectivity index (χ2v) is 6.75. The van der Waals surface area contributed by atoms with Crippen molar-refractivity contribution in [1.29, 1.82) is 0 Å². The fourth-order valence-corrected chi connectivity index (χ4v) is 3.89. The van der Waals surface area contributed by atoms with Crippen LogP contribution in [0.5, 0.6) is 0 Å². The van der Waals surface area contributed by atoms with Crippen molar-refractivity contribution in [3.8, 4) is 0 Å². The van der Waals surface area contributed by atoms with Crippen molar-refractivity contribution in [2.24, 2.45) is 0 Å². The topological polar surface area (TPSA) is 38.1 Å². The van der Waals surface area contributed by atoms with E-state index in [1.165, 1.54) is 38.5 Å². The molecule has 1 aliphatic heterocycles. The summed E-state index contributed by atoms with van der Waals surface area (Å²) in [6.07, 6.45) is 11.8. The van der Waals surface area contributed by atoms with Crippen LogP contribution in [-0.4, -0.2) is 33.1 Å². The monoisotopic (exact) mass is 289 g/mol. The lowest BCUT2D eigenvalue weighted by atomic mass is 9.96. The van der Waals surface area contributed by atoms with Gasteiger partial charge in [0.1, 0.15) is 5.78 Å². The van der Waals surface area contributed by atoms with Crippen molar-refractivity contribution in [3.05, 3.63) is 18.0 Å². The molecule has 1 saturated heterocycles. The molecule has 0 spiro atoms. The molecule has 0 N–H and O–H groups in total. The van der Waals surface area contributed by atoms with Gasteiger partial charge in [0.2, 0.25) is 0 Å². The van der Waals surface area contributed by atoms with Crippen LogP contribution in [0.2, 0.25) is 0 Å². The third-order valence-electron chi connectivity index (χ3n) is 5.00. The molecule has 116 valence electrons. The number of ketones is 1. The Balaban J connectivity index is 1.59. The summed E-state index contributed by atoms with van der Waals surface area (Å²) in [4.78, 5) is 13.8. The van der Waals surface area contributed by atoms with Gasteiger partial charge in [-0.2, -0.15) is 5.10 Å². The van der Waals surface area contributed by atoms with Crippen LogP contribution in [0.1, 0.15) is 70.0 Å². The quantitative estimate of drug-likeness (QED) is 0.834. The Labute approximate surface area is 127 Å². The molecule has 21 heavy (non-hydrogen) atoms. The van der Waals surface area contributed by atoms with Crippen LogP contribution in [0.25, 0.3) is 0 Å². The predicted octanol–water partition coefficient (Wildman–Crippen LogP) is 3.33. The molecule has 2 aliphatic rings. The molecule has 0 amide bonds. The molecule has 3 rings (SSSR count). The van der Waals surface area contributed by atoms with E-state index in [1.54, 1.807) is 6.92 Å². The highest BCUT2D eigenvalue weighted by molar-refractivity contribution is 5.76. The fourth-order valence-electron chi connectivity index (χ4n) is 3.89. The summed E-state index contributed by atoms with van der Waals surface area (Å²) in [6, 6.07) is 3.21. The van der Waals surface area contributed by atoms with Gasteiger partial charge in [0.25, 0.3) is 0 Å². The van der Waals surface area contributed by atoms with Crippen molar-refractivity contribution < 1.29 is 4.79 Å². The summed E-state index contributed by atoms with van der Waals surface area (Å²) < 4.78 is 2.19. The highest BCUT2D eigenvalue weighted by Gasteiger charge is 2.26. The molecular weight excluding hydrogens is 262 g/mol. The zero-order valence-electron chi connectivity index (χ0n) is 13.1. The fraction of sp³-hybridized carbons (Fsp3) is 0.765. The maximum absolute atomic E-state index is 11.4. The molecule has 0 aromatic carbocycles. The molecule has 2 fully saturated rings. The number of nitrogens with zero attached hydrogens (tertiary/aromatic N) is 3. The van der Waals surface area contributed by atoms with Crippen LogP contribution >= 0.6 is 0 Å². The molecule has 1 atom stereocenters. The number of carbonyl (C=O) groups is 1. The van der Waals surface area contributed by atoms with Crippen LogP contribution in [0.3, 0.4) is 0 Å². The lowest BCUT2D eigenvalue weighted by Crippen LogP contribution is -2.30. The lowest BCUT2D eigenvalue weighted by Gasteiger charge is -2.23. The van der Waals surface area contributed by atoms with Crippen molar-refractivity contribution in [1.82, 2.24) is 14.7 Å². The summed E-state index contributed by atoms with van der Waals surface area (Å²) in [7, 11) is 0. The van der Waals surface area contributed by atoms with E-state index >= 15 is 0 Å². The minimum absolute atomic E-state index is 0.305. The molecule has 0 radical (unpaired) electrons. The van der Waals surface area contributed by atoms with Crippen LogP contribution in [0, 0.1) is 0 Å². The number of rotatable bonds is 5. The number of aromatic nitrogens is 2. The lowest BCUT2D eigenvalue weighted by molar-refractivity contribution is -0.118. The van der Waals surface area contributed by atoms with Crippen molar-refractivity contribution in [2.75, 3.05) is 6.54 Å². The molecule has 2 heterocycles. The number of hydrogen-bond acceptors (Lipinski definition) is 3. The van der Waals surface area contributed by atoms with Gasteiger partial charge < -0.3 is 0 Å². The molecule has 1 aromatic rings. The van der Waals surface area contributed by atoms with Gasteiger partial charge >= 0.3 is 0 Å². The molecule has 1 unspecified atom stereocenters. The second-order valence-electron chi connectivity index (χ2n) is 6.75. The molecule has 4 heteroatoms. The van der Waals surface area contributed by atoms with Gasteiger partial charge in [0, 0.05) is 25.2 Å². The first-order chi connectivity index (χ1) is 10.2. The Bertz CT molecular complexity index is 476. The van der Waals surface area contributed by atoms with E-state index in [2.05, 4.69) is 21.8 Å². The van der Waals surface area contributed by atoms with Gasteiger partial charge in [-0.25, -0.2) is 0 Å². The Hall–Kier alpha value is -1.16. The van der Waals surface area contributed by atoms with Crippen LogP contribution < -0.4 is 0 Å². The van der Waals surface area contributed by atoms with Crippen molar-refractivity contribution >= 4 is 5.78 Å². The van der Waals surface area contributed by atoms with Crippen LogP contribution in [0.15, 0.2) is 12.3 Å². The minimum Gasteiger partial charge on any atom is -0.300 e. The third-order valence-corrected chi connectivity index (χ3v) is 5.00. The Kier molecular flexibility index (Phi) is 4.73. The van der Waals surface area contributed by atoms with Gasteiger partial charge in [-0.05, 0) is 45.2 Å². The SMILES string of the molecule is CC(=O)CC1CCCN1Cc1ccn(C2CCCCC2)n1. The van der Waals surface area contributed by atoms with E-state index < -0.39 is 0 Å². The summed E-state index contributed by atoms with van der Waals surface area (Å²) in [5, 5.41) is 4.80. The largest absolute Gasteiger partial charge is 0.300 e. The van der Waals surface area contributed by atoms with Gasteiger partial charge in [0.15, 0.2) is 0 Å². The van der Waals surface area contributed by atoms with E-state index in [1.807, 2.05) is 0 Å².